The molecule has 0 radical (unpaired) electrons. The van der Waals surface area contributed by atoms with Gasteiger partial charge in [0.15, 0.2) is 0 Å². The molecule has 258 valence electrons. The number of benzene rings is 9. The van der Waals surface area contributed by atoms with Crippen LogP contribution < -0.4 is 4.90 Å². The molecular weight excluding hydrogens is 671 g/mol. The summed E-state index contributed by atoms with van der Waals surface area (Å²) in [5, 5.41) is 6.89. The molecule has 9 aromatic carbocycles. The Balaban J connectivity index is 1.13. The van der Waals surface area contributed by atoms with E-state index in [0.717, 1.165) is 88.8 Å². The number of hydrogen-bond donors (Lipinski definition) is 0. The maximum absolute atomic E-state index is 6.30. The molecule has 11 rings (SSSR count). The van der Waals surface area contributed by atoms with Crippen LogP contribution in [0.4, 0.5) is 17.1 Å². The van der Waals surface area contributed by atoms with Crippen molar-refractivity contribution in [2.24, 2.45) is 0 Å². The highest BCUT2D eigenvalue weighted by Crippen LogP contribution is 2.45. The van der Waals surface area contributed by atoms with E-state index in [-0.39, 0.29) is 0 Å². The summed E-state index contributed by atoms with van der Waals surface area (Å²) in [6.07, 6.45) is 0. The third-order valence-electron chi connectivity index (χ3n) is 10.9. The summed E-state index contributed by atoms with van der Waals surface area (Å²) in [4.78, 5) is 2.40. The number of anilines is 3. The molecule has 0 amide bonds. The number of rotatable bonds is 6. The van der Waals surface area contributed by atoms with Gasteiger partial charge in [-0.25, -0.2) is 0 Å². The van der Waals surface area contributed by atoms with Crippen molar-refractivity contribution in [2.75, 3.05) is 4.90 Å². The van der Waals surface area contributed by atoms with Crippen LogP contribution in [-0.4, -0.2) is 0 Å². The van der Waals surface area contributed by atoms with Crippen LogP contribution in [0.25, 0.3) is 88.0 Å². The van der Waals surface area contributed by atoms with Crippen LogP contribution in [0.2, 0.25) is 0 Å². The minimum Gasteiger partial charge on any atom is -0.456 e. The van der Waals surface area contributed by atoms with Gasteiger partial charge in [-0.1, -0.05) is 140 Å². The van der Waals surface area contributed by atoms with Gasteiger partial charge in [0.05, 0.1) is 5.69 Å². The van der Waals surface area contributed by atoms with Crippen molar-refractivity contribution in [2.45, 2.75) is 0 Å². The van der Waals surface area contributed by atoms with Crippen LogP contribution in [0.1, 0.15) is 0 Å². The SMILES string of the molecule is c1ccc(-c2ccc(-c3cccc4ccccc34)cc2N(c2ccc(-c3ccc4oc5ccccc5c4c3)cc2)c2ccc3oc4ccccc4c3c2)cc1. The summed E-state index contributed by atoms with van der Waals surface area (Å²) < 4.78 is 12.4. The highest BCUT2D eigenvalue weighted by Gasteiger charge is 2.21. The minimum atomic E-state index is 0.871. The van der Waals surface area contributed by atoms with Crippen molar-refractivity contribution in [1.82, 2.24) is 0 Å². The van der Waals surface area contributed by atoms with E-state index in [9.17, 15) is 0 Å². The third-order valence-corrected chi connectivity index (χ3v) is 10.9. The van der Waals surface area contributed by atoms with Gasteiger partial charge >= 0.3 is 0 Å². The summed E-state index contributed by atoms with van der Waals surface area (Å²) >= 11 is 0. The van der Waals surface area contributed by atoms with Gasteiger partial charge in [0.1, 0.15) is 22.3 Å². The summed E-state index contributed by atoms with van der Waals surface area (Å²) in [7, 11) is 0. The summed E-state index contributed by atoms with van der Waals surface area (Å²) in [6.45, 7) is 0. The smallest absolute Gasteiger partial charge is 0.135 e. The highest BCUT2D eigenvalue weighted by atomic mass is 16.3. The van der Waals surface area contributed by atoms with Gasteiger partial charge in [0.2, 0.25) is 0 Å². The lowest BCUT2D eigenvalue weighted by Gasteiger charge is -2.29. The molecule has 0 fully saturated rings. The first kappa shape index (κ1) is 31.2. The lowest BCUT2D eigenvalue weighted by molar-refractivity contribution is 0.668. The van der Waals surface area contributed by atoms with Crippen molar-refractivity contribution in [3.63, 3.8) is 0 Å². The molecule has 0 unspecified atom stereocenters. The Labute approximate surface area is 317 Å². The van der Waals surface area contributed by atoms with Crippen molar-refractivity contribution >= 4 is 71.7 Å². The van der Waals surface area contributed by atoms with Crippen LogP contribution in [-0.2, 0) is 0 Å². The van der Waals surface area contributed by atoms with E-state index in [1.165, 1.54) is 16.3 Å². The first-order chi connectivity index (χ1) is 27.2. The van der Waals surface area contributed by atoms with Crippen molar-refractivity contribution in [3.8, 4) is 33.4 Å². The molecule has 0 aliphatic heterocycles. The summed E-state index contributed by atoms with van der Waals surface area (Å²) in [5.74, 6) is 0. The van der Waals surface area contributed by atoms with Gasteiger partial charge in [-0.05, 0) is 99.3 Å². The molecule has 11 aromatic rings. The fraction of sp³-hybridized carbons (Fsp3) is 0. The first-order valence-electron chi connectivity index (χ1n) is 18.7. The van der Waals surface area contributed by atoms with Gasteiger partial charge in [-0.3, -0.25) is 0 Å². The van der Waals surface area contributed by atoms with Crippen LogP contribution in [0.5, 0.6) is 0 Å². The molecule has 3 nitrogen and oxygen atoms in total. The average Bonchev–Trinajstić information content (AvgIpc) is 3.82. The van der Waals surface area contributed by atoms with Gasteiger partial charge in [0, 0.05) is 38.5 Å². The zero-order valence-electron chi connectivity index (χ0n) is 29.8. The predicted octanol–water partition coefficient (Wildman–Crippen LogP) is 15.1. The Bertz CT molecular complexity index is 3200. The van der Waals surface area contributed by atoms with E-state index in [1.807, 2.05) is 24.3 Å². The molecule has 3 heteroatoms. The van der Waals surface area contributed by atoms with Crippen LogP contribution in [0.3, 0.4) is 0 Å². The number of hydrogen-bond acceptors (Lipinski definition) is 3. The largest absolute Gasteiger partial charge is 0.456 e. The monoisotopic (exact) mass is 703 g/mol. The van der Waals surface area contributed by atoms with Crippen LogP contribution in [0, 0.1) is 0 Å². The zero-order chi connectivity index (χ0) is 36.3. The van der Waals surface area contributed by atoms with Crippen molar-refractivity contribution in [1.29, 1.82) is 0 Å². The first-order valence-corrected chi connectivity index (χ1v) is 18.7. The molecule has 2 aromatic heterocycles. The van der Waals surface area contributed by atoms with E-state index in [2.05, 4.69) is 181 Å². The Morgan fingerprint density at radius 3 is 1.62 bits per heavy atom. The molecule has 2 heterocycles. The summed E-state index contributed by atoms with van der Waals surface area (Å²) in [6, 6.07) is 71.3. The molecule has 0 saturated heterocycles. The normalized spacial score (nSPS) is 11.6. The van der Waals surface area contributed by atoms with Gasteiger partial charge in [-0.15, -0.1) is 0 Å². The Morgan fingerprint density at radius 2 is 0.855 bits per heavy atom. The Kier molecular flexibility index (Phi) is 7.17. The van der Waals surface area contributed by atoms with E-state index < -0.39 is 0 Å². The van der Waals surface area contributed by atoms with Crippen LogP contribution in [0.15, 0.2) is 209 Å². The number of furan rings is 2. The molecule has 0 atom stereocenters. The summed E-state index contributed by atoms with van der Waals surface area (Å²) in [5.41, 5.74) is 13.7. The molecule has 0 aliphatic rings. The molecule has 0 spiro atoms. The molecule has 55 heavy (non-hydrogen) atoms. The van der Waals surface area contributed by atoms with Crippen molar-refractivity contribution in [3.05, 3.63) is 200 Å². The lowest BCUT2D eigenvalue weighted by Crippen LogP contribution is -2.11. The highest BCUT2D eigenvalue weighted by molar-refractivity contribution is 6.08. The maximum Gasteiger partial charge on any atom is 0.135 e. The predicted molar refractivity (Wildman–Crippen MR) is 229 cm³/mol. The maximum atomic E-state index is 6.30. The second kappa shape index (κ2) is 12.6. The van der Waals surface area contributed by atoms with Gasteiger partial charge in [-0.2, -0.15) is 0 Å². The van der Waals surface area contributed by atoms with E-state index >= 15 is 0 Å². The van der Waals surface area contributed by atoms with E-state index in [0.29, 0.717) is 0 Å². The number of para-hydroxylation sites is 2. The van der Waals surface area contributed by atoms with Crippen LogP contribution >= 0.6 is 0 Å². The van der Waals surface area contributed by atoms with Crippen molar-refractivity contribution < 1.29 is 8.83 Å². The molecule has 0 saturated carbocycles. The fourth-order valence-corrected chi connectivity index (χ4v) is 8.21. The molecule has 0 aliphatic carbocycles. The topological polar surface area (TPSA) is 29.5 Å². The quantitative estimate of drug-likeness (QED) is 0.173. The Morgan fingerprint density at radius 1 is 0.291 bits per heavy atom. The third kappa shape index (κ3) is 5.28. The molecule has 0 N–H and O–H groups in total. The van der Waals surface area contributed by atoms with E-state index in [4.69, 9.17) is 8.83 Å². The van der Waals surface area contributed by atoms with Gasteiger partial charge < -0.3 is 13.7 Å². The number of nitrogens with zero attached hydrogens (tertiary/aromatic N) is 1. The minimum absolute atomic E-state index is 0.871. The number of fused-ring (bicyclic) bond motifs is 7. The fourth-order valence-electron chi connectivity index (χ4n) is 8.21. The second-order valence-corrected chi connectivity index (χ2v) is 14.1. The Hall–Kier alpha value is -7.36. The van der Waals surface area contributed by atoms with E-state index in [1.54, 1.807) is 0 Å². The standard InChI is InChI=1S/C52H33NO2/c1-2-11-36(12-3-1)43-28-23-38(42-18-10-14-35-13-4-5-15-41(35)42)32-48(43)53(40-27-30-52-47(33-40)45-17-7-9-20-50(45)55-52)39-25-21-34(22-26-39)37-24-29-51-46(31-37)44-16-6-8-19-49(44)54-51/h1-33H. The lowest BCUT2D eigenvalue weighted by atomic mass is 9.94. The van der Waals surface area contributed by atoms with Gasteiger partial charge in [0.25, 0.3) is 0 Å². The zero-order valence-corrected chi connectivity index (χ0v) is 29.8. The molecule has 0 bridgehead atoms. The molecular formula is C52H33NO2. The second-order valence-electron chi connectivity index (χ2n) is 14.1. The average molecular weight is 704 g/mol.